The summed E-state index contributed by atoms with van der Waals surface area (Å²) < 4.78 is 49.4. The maximum atomic E-state index is 14.8. The smallest absolute Gasteiger partial charge is 0.166 e. The summed E-state index contributed by atoms with van der Waals surface area (Å²) in [5, 5.41) is 0. The molecule has 4 rings (SSSR count). The van der Waals surface area contributed by atoms with Crippen LogP contribution in [-0.2, 0) is 11.3 Å². The first-order valence-electron chi connectivity index (χ1n) is 12.1. The second-order valence-electron chi connectivity index (χ2n) is 9.24. The molecule has 0 unspecified atom stereocenters. The molecule has 1 aliphatic carbocycles. The van der Waals surface area contributed by atoms with Crippen LogP contribution in [0, 0.1) is 23.4 Å². The van der Waals surface area contributed by atoms with Gasteiger partial charge in [0.05, 0.1) is 6.61 Å². The molecular formula is C30H31F3O. The molecule has 0 aromatic heterocycles. The summed E-state index contributed by atoms with van der Waals surface area (Å²) in [4.78, 5) is 0. The van der Waals surface area contributed by atoms with E-state index >= 15 is 0 Å². The predicted molar refractivity (Wildman–Crippen MR) is 133 cm³/mol. The minimum atomic E-state index is -0.793. The van der Waals surface area contributed by atoms with Gasteiger partial charge in [0.25, 0.3) is 0 Å². The zero-order valence-corrected chi connectivity index (χ0v) is 19.8. The lowest BCUT2D eigenvalue weighted by atomic mass is 9.79. The van der Waals surface area contributed by atoms with Crippen molar-refractivity contribution in [3.05, 3.63) is 94.3 Å². The van der Waals surface area contributed by atoms with Crippen LogP contribution in [0.2, 0.25) is 0 Å². The van der Waals surface area contributed by atoms with E-state index in [0.717, 1.165) is 42.4 Å². The number of rotatable bonds is 7. The van der Waals surface area contributed by atoms with Crippen LogP contribution in [0.25, 0.3) is 23.3 Å². The van der Waals surface area contributed by atoms with Gasteiger partial charge in [0.1, 0.15) is 5.82 Å². The number of ether oxygens (including phenoxy) is 1. The lowest BCUT2D eigenvalue weighted by Gasteiger charge is -2.27. The first-order valence-corrected chi connectivity index (χ1v) is 12.1. The van der Waals surface area contributed by atoms with Crippen molar-refractivity contribution in [2.75, 3.05) is 6.61 Å². The van der Waals surface area contributed by atoms with Gasteiger partial charge in [0.15, 0.2) is 11.6 Å². The van der Waals surface area contributed by atoms with Gasteiger partial charge in [0.2, 0.25) is 0 Å². The van der Waals surface area contributed by atoms with Crippen LogP contribution in [-0.4, -0.2) is 6.61 Å². The fraction of sp³-hybridized carbons (Fsp3) is 0.333. The summed E-state index contributed by atoms with van der Waals surface area (Å²) in [6.45, 7) is 5.08. The highest BCUT2D eigenvalue weighted by atomic mass is 19.2. The first-order chi connectivity index (χ1) is 16.5. The lowest BCUT2D eigenvalue weighted by molar-refractivity contribution is 0.134. The van der Waals surface area contributed by atoms with Crippen LogP contribution < -0.4 is 0 Å². The van der Waals surface area contributed by atoms with Gasteiger partial charge < -0.3 is 4.74 Å². The van der Waals surface area contributed by atoms with E-state index in [9.17, 15) is 13.2 Å². The summed E-state index contributed by atoms with van der Waals surface area (Å²) in [6.07, 6.45) is 7.27. The molecule has 0 spiro atoms. The average molecular weight is 465 g/mol. The summed E-state index contributed by atoms with van der Waals surface area (Å²) in [7, 11) is 0. The molecule has 0 saturated heterocycles. The largest absolute Gasteiger partial charge is 0.377 e. The van der Waals surface area contributed by atoms with Crippen LogP contribution in [0.3, 0.4) is 0 Å². The molecule has 0 radical (unpaired) electrons. The molecule has 0 bridgehead atoms. The molecule has 0 amide bonds. The molecule has 0 heterocycles. The second-order valence-corrected chi connectivity index (χ2v) is 9.24. The molecule has 1 aliphatic rings. The van der Waals surface area contributed by atoms with Gasteiger partial charge in [-0.2, -0.15) is 0 Å². The van der Waals surface area contributed by atoms with Crippen molar-refractivity contribution in [1.29, 1.82) is 0 Å². The van der Waals surface area contributed by atoms with E-state index in [2.05, 4.69) is 6.92 Å². The molecule has 1 saturated carbocycles. The van der Waals surface area contributed by atoms with Gasteiger partial charge in [-0.15, -0.1) is 0 Å². The fourth-order valence-electron chi connectivity index (χ4n) is 4.66. The quantitative estimate of drug-likeness (QED) is 0.318. The molecule has 0 N–H and O–H groups in total. The van der Waals surface area contributed by atoms with Crippen molar-refractivity contribution >= 4 is 12.2 Å². The predicted octanol–water partition coefficient (Wildman–Crippen LogP) is 8.77. The fourth-order valence-corrected chi connectivity index (χ4v) is 4.66. The van der Waals surface area contributed by atoms with E-state index in [0.29, 0.717) is 30.3 Å². The summed E-state index contributed by atoms with van der Waals surface area (Å²) in [5.41, 5.74) is 3.60. The molecule has 4 heteroatoms. The molecule has 178 valence electrons. The molecule has 0 aliphatic heterocycles. The zero-order valence-electron chi connectivity index (χ0n) is 19.8. The van der Waals surface area contributed by atoms with E-state index in [-0.39, 0.29) is 17.3 Å². The molecule has 1 nitrogen and oxygen atoms in total. The van der Waals surface area contributed by atoms with Crippen LogP contribution in [0.1, 0.15) is 67.7 Å². The standard InChI is InChI=1S/C30H31F3O/c1-3-34-19-22-9-16-26(28(31)18-22)23-12-6-21(7-13-23)8-14-25-15-17-27(30(33)29(25)32)24-10-4-20(2)5-11-24/h6-9,12-18,20,24H,3-5,10-11,19H2,1-2H3/b14-8+. The van der Waals surface area contributed by atoms with E-state index in [1.165, 1.54) is 6.07 Å². The van der Waals surface area contributed by atoms with E-state index in [1.54, 1.807) is 30.4 Å². The zero-order chi connectivity index (χ0) is 24.1. The Bertz CT molecular complexity index is 1140. The van der Waals surface area contributed by atoms with Gasteiger partial charge in [-0.3, -0.25) is 0 Å². The van der Waals surface area contributed by atoms with Crippen LogP contribution in [0.5, 0.6) is 0 Å². The highest BCUT2D eigenvalue weighted by Crippen LogP contribution is 2.37. The van der Waals surface area contributed by atoms with Crippen molar-refractivity contribution in [3.8, 4) is 11.1 Å². The topological polar surface area (TPSA) is 9.23 Å². The van der Waals surface area contributed by atoms with Crippen LogP contribution in [0.4, 0.5) is 13.2 Å². The second kappa shape index (κ2) is 11.1. The minimum Gasteiger partial charge on any atom is -0.377 e. The van der Waals surface area contributed by atoms with Crippen molar-refractivity contribution in [3.63, 3.8) is 0 Å². The Hall–Kier alpha value is -2.85. The highest BCUT2D eigenvalue weighted by Gasteiger charge is 2.24. The summed E-state index contributed by atoms with van der Waals surface area (Å²) in [5.74, 6) is -1.05. The third-order valence-electron chi connectivity index (χ3n) is 6.78. The van der Waals surface area contributed by atoms with Gasteiger partial charge in [0, 0.05) is 17.7 Å². The first kappa shape index (κ1) is 24.3. The Morgan fingerprint density at radius 1 is 0.853 bits per heavy atom. The minimum absolute atomic E-state index is 0.102. The Balaban J connectivity index is 1.47. The maximum absolute atomic E-state index is 14.8. The molecular weight excluding hydrogens is 433 g/mol. The Kier molecular flexibility index (Phi) is 7.89. The van der Waals surface area contributed by atoms with Crippen LogP contribution in [0.15, 0.2) is 54.6 Å². The Morgan fingerprint density at radius 2 is 1.59 bits per heavy atom. The number of halogens is 3. The van der Waals surface area contributed by atoms with Crippen molar-refractivity contribution < 1.29 is 17.9 Å². The summed E-state index contributed by atoms with van der Waals surface area (Å²) >= 11 is 0. The van der Waals surface area contributed by atoms with Gasteiger partial charge >= 0.3 is 0 Å². The third-order valence-corrected chi connectivity index (χ3v) is 6.78. The average Bonchev–Trinajstić information content (AvgIpc) is 2.85. The molecule has 34 heavy (non-hydrogen) atoms. The molecule has 0 atom stereocenters. The Labute approximate surface area is 200 Å². The highest BCUT2D eigenvalue weighted by molar-refractivity contribution is 5.72. The van der Waals surface area contributed by atoms with E-state index in [1.807, 2.05) is 37.3 Å². The van der Waals surface area contributed by atoms with Crippen molar-refractivity contribution in [1.82, 2.24) is 0 Å². The monoisotopic (exact) mass is 464 g/mol. The lowest BCUT2D eigenvalue weighted by Crippen LogP contribution is -2.13. The van der Waals surface area contributed by atoms with Crippen LogP contribution >= 0.6 is 0 Å². The molecule has 3 aromatic carbocycles. The Morgan fingerprint density at radius 3 is 2.26 bits per heavy atom. The third kappa shape index (κ3) is 5.61. The van der Waals surface area contributed by atoms with Gasteiger partial charge in [-0.1, -0.05) is 80.4 Å². The number of hydrogen-bond acceptors (Lipinski definition) is 1. The van der Waals surface area contributed by atoms with Crippen molar-refractivity contribution in [2.24, 2.45) is 5.92 Å². The van der Waals surface area contributed by atoms with Gasteiger partial charge in [-0.05, 0) is 59.9 Å². The van der Waals surface area contributed by atoms with Crippen molar-refractivity contribution in [2.45, 2.75) is 52.1 Å². The number of benzene rings is 3. The maximum Gasteiger partial charge on any atom is 0.166 e. The normalized spacial score (nSPS) is 18.5. The SMILES string of the molecule is CCOCc1ccc(-c2ccc(/C=C/c3ccc(C4CCC(C)CC4)c(F)c3F)cc2)c(F)c1. The van der Waals surface area contributed by atoms with Gasteiger partial charge in [-0.25, -0.2) is 13.2 Å². The summed E-state index contributed by atoms with van der Waals surface area (Å²) in [6, 6.07) is 15.8. The molecule has 1 fully saturated rings. The van der Waals surface area contributed by atoms with E-state index < -0.39 is 11.6 Å². The molecule has 3 aromatic rings. The number of hydrogen-bond donors (Lipinski definition) is 0. The van der Waals surface area contributed by atoms with E-state index in [4.69, 9.17) is 4.74 Å².